The minimum absolute atomic E-state index is 0.0217. The van der Waals surface area contributed by atoms with Gasteiger partial charge in [0.2, 0.25) is 0 Å². The van der Waals surface area contributed by atoms with Crippen LogP contribution in [0, 0.1) is 12.7 Å². The van der Waals surface area contributed by atoms with Crippen LogP contribution in [0.2, 0.25) is 0 Å². The molecule has 0 aliphatic rings. The Bertz CT molecular complexity index is 1050. The van der Waals surface area contributed by atoms with Crippen LogP contribution < -0.4 is 4.74 Å². The molecular formula is C18H14F3NO4S. The molecular weight excluding hydrogens is 383 g/mol. The van der Waals surface area contributed by atoms with Gasteiger partial charge in [-0.3, -0.25) is 14.2 Å². The number of nitrogens with zero attached hydrogens (tertiary/aromatic N) is 1. The molecule has 1 aromatic carbocycles. The molecule has 142 valence electrons. The first-order valence-corrected chi connectivity index (χ1v) is 8.63. The number of benzene rings is 1. The van der Waals surface area contributed by atoms with Gasteiger partial charge in [0.05, 0.1) is 29.5 Å². The number of thiophene rings is 1. The second-order valence-corrected chi connectivity index (χ2v) is 6.73. The number of carboxylic acid groups (broad SMARTS) is 1. The van der Waals surface area contributed by atoms with Crippen LogP contribution in [0.15, 0.2) is 23.6 Å². The number of carboxylic acids is 1. The van der Waals surface area contributed by atoms with Crippen molar-refractivity contribution >= 4 is 34.1 Å². The van der Waals surface area contributed by atoms with Gasteiger partial charge in [0, 0.05) is 16.5 Å². The van der Waals surface area contributed by atoms with E-state index in [0.29, 0.717) is 0 Å². The van der Waals surface area contributed by atoms with E-state index in [2.05, 4.69) is 0 Å². The van der Waals surface area contributed by atoms with Crippen LogP contribution in [0.25, 0.3) is 10.9 Å². The fraction of sp³-hybridized carbons (Fsp3) is 0.222. The zero-order valence-electron chi connectivity index (χ0n) is 14.3. The Hall–Kier alpha value is -2.81. The molecule has 3 aromatic rings. The lowest BCUT2D eigenvalue weighted by atomic mass is 10.1. The average molecular weight is 397 g/mol. The molecule has 0 amide bonds. The minimum Gasteiger partial charge on any atom is -0.494 e. The summed E-state index contributed by atoms with van der Waals surface area (Å²) in [5.74, 6) is -2.70. The van der Waals surface area contributed by atoms with E-state index in [0.717, 1.165) is 22.0 Å². The number of carbonyl (C=O) groups excluding carboxylic acids is 1. The third-order valence-electron chi connectivity index (χ3n) is 4.23. The van der Waals surface area contributed by atoms with Crippen molar-refractivity contribution in [2.75, 3.05) is 7.11 Å². The zero-order valence-corrected chi connectivity index (χ0v) is 15.1. The first-order chi connectivity index (χ1) is 12.8. The quantitative estimate of drug-likeness (QED) is 0.692. The first-order valence-electron chi connectivity index (χ1n) is 7.75. The van der Waals surface area contributed by atoms with Crippen molar-refractivity contribution in [3.8, 4) is 5.75 Å². The van der Waals surface area contributed by atoms with Crippen LogP contribution in [-0.2, 0) is 11.2 Å². The van der Waals surface area contributed by atoms with Gasteiger partial charge >= 0.3 is 5.97 Å². The number of hydrogen-bond acceptors (Lipinski definition) is 4. The molecule has 0 saturated carbocycles. The summed E-state index contributed by atoms with van der Waals surface area (Å²) in [7, 11) is 1.27. The van der Waals surface area contributed by atoms with E-state index in [4.69, 9.17) is 9.84 Å². The largest absolute Gasteiger partial charge is 0.494 e. The lowest BCUT2D eigenvalue weighted by Gasteiger charge is -2.07. The topological polar surface area (TPSA) is 68.5 Å². The lowest BCUT2D eigenvalue weighted by molar-refractivity contribution is -0.136. The highest BCUT2D eigenvalue weighted by molar-refractivity contribution is 7.10. The van der Waals surface area contributed by atoms with E-state index >= 15 is 0 Å². The van der Waals surface area contributed by atoms with Crippen LogP contribution in [0.5, 0.6) is 5.75 Å². The Kier molecular flexibility index (Phi) is 4.97. The number of rotatable bonds is 5. The van der Waals surface area contributed by atoms with E-state index in [1.54, 1.807) is 0 Å². The molecule has 1 N–H and O–H groups in total. The number of carbonyl (C=O) groups is 2. The number of alkyl halides is 2. The van der Waals surface area contributed by atoms with Gasteiger partial charge in [-0.1, -0.05) is 0 Å². The van der Waals surface area contributed by atoms with E-state index in [9.17, 15) is 22.8 Å². The van der Waals surface area contributed by atoms with Gasteiger partial charge in [-0.05, 0) is 30.7 Å². The van der Waals surface area contributed by atoms with Crippen LogP contribution in [0.1, 0.15) is 32.9 Å². The van der Waals surface area contributed by atoms with Crippen molar-refractivity contribution in [2.24, 2.45) is 0 Å². The second kappa shape index (κ2) is 7.07. The highest BCUT2D eigenvalue weighted by Crippen LogP contribution is 2.35. The molecule has 0 radical (unpaired) electrons. The van der Waals surface area contributed by atoms with Crippen LogP contribution in [0.4, 0.5) is 13.2 Å². The molecule has 9 heteroatoms. The summed E-state index contributed by atoms with van der Waals surface area (Å²) in [5, 5.41) is 10.4. The molecule has 0 atom stereocenters. The summed E-state index contributed by atoms with van der Waals surface area (Å²) in [4.78, 5) is 23.9. The molecule has 0 spiro atoms. The normalized spacial score (nSPS) is 11.3. The Morgan fingerprint density at radius 3 is 2.59 bits per heavy atom. The van der Waals surface area contributed by atoms with Crippen molar-refractivity contribution in [1.29, 1.82) is 0 Å². The van der Waals surface area contributed by atoms with Gasteiger partial charge in [0.25, 0.3) is 12.3 Å². The van der Waals surface area contributed by atoms with Gasteiger partial charge in [0.1, 0.15) is 0 Å². The third kappa shape index (κ3) is 3.18. The number of fused-ring (bicyclic) bond motifs is 1. The summed E-state index contributed by atoms with van der Waals surface area (Å²) < 4.78 is 46.5. The van der Waals surface area contributed by atoms with E-state index in [1.165, 1.54) is 31.5 Å². The van der Waals surface area contributed by atoms with E-state index < -0.39 is 30.5 Å². The number of methoxy groups -OCH3 is 1. The highest BCUT2D eigenvalue weighted by Gasteiger charge is 2.26. The molecule has 0 aliphatic carbocycles. The summed E-state index contributed by atoms with van der Waals surface area (Å²) >= 11 is 0.746. The summed E-state index contributed by atoms with van der Waals surface area (Å²) in [5.41, 5.74) is 0.533. The minimum atomic E-state index is -2.71. The van der Waals surface area contributed by atoms with Crippen molar-refractivity contribution < 1.29 is 32.6 Å². The smallest absolute Gasteiger partial charge is 0.307 e. The van der Waals surface area contributed by atoms with E-state index in [1.807, 2.05) is 0 Å². The van der Waals surface area contributed by atoms with Gasteiger partial charge in [-0.15, -0.1) is 11.3 Å². The molecule has 5 nitrogen and oxygen atoms in total. The Morgan fingerprint density at radius 2 is 2.04 bits per heavy atom. The molecule has 2 heterocycles. The van der Waals surface area contributed by atoms with Gasteiger partial charge in [-0.25, -0.2) is 13.2 Å². The molecule has 0 unspecified atom stereocenters. The summed E-state index contributed by atoms with van der Waals surface area (Å²) in [6.07, 6.45) is -3.21. The summed E-state index contributed by atoms with van der Waals surface area (Å²) in [6, 6.07) is 3.84. The fourth-order valence-electron chi connectivity index (χ4n) is 3.01. The second-order valence-electron chi connectivity index (χ2n) is 5.79. The third-order valence-corrected chi connectivity index (χ3v) is 5.17. The number of aromatic nitrogens is 1. The number of ether oxygens (including phenoxy) is 1. The maximum atomic E-state index is 14.8. The number of hydrogen-bond donors (Lipinski definition) is 1. The van der Waals surface area contributed by atoms with E-state index in [-0.39, 0.29) is 38.4 Å². The van der Waals surface area contributed by atoms with Crippen LogP contribution in [-0.4, -0.2) is 28.7 Å². The van der Waals surface area contributed by atoms with Gasteiger partial charge in [-0.2, -0.15) is 0 Å². The first kappa shape index (κ1) is 19.0. The van der Waals surface area contributed by atoms with Crippen molar-refractivity contribution in [3.05, 3.63) is 51.1 Å². The maximum Gasteiger partial charge on any atom is 0.307 e. The SMILES string of the molecule is COc1ccc2c(c1F)c(CC(=O)O)c(C)n2C(=O)c1csc(C(F)F)c1. The average Bonchev–Trinajstić information content (AvgIpc) is 3.19. The van der Waals surface area contributed by atoms with Gasteiger partial charge in [0.15, 0.2) is 11.6 Å². The molecule has 0 bridgehead atoms. The molecule has 27 heavy (non-hydrogen) atoms. The number of aliphatic carboxylic acids is 1. The maximum absolute atomic E-state index is 14.8. The Balaban J connectivity index is 2.26. The summed E-state index contributed by atoms with van der Waals surface area (Å²) in [6.45, 7) is 1.49. The molecule has 3 rings (SSSR count). The van der Waals surface area contributed by atoms with Crippen LogP contribution >= 0.6 is 11.3 Å². The molecule has 0 fully saturated rings. The van der Waals surface area contributed by atoms with Crippen LogP contribution in [0.3, 0.4) is 0 Å². The monoisotopic (exact) mass is 397 g/mol. The highest BCUT2D eigenvalue weighted by atomic mass is 32.1. The fourth-order valence-corrected chi connectivity index (χ4v) is 3.74. The zero-order chi connectivity index (χ0) is 19.9. The van der Waals surface area contributed by atoms with Crippen molar-refractivity contribution in [3.63, 3.8) is 0 Å². The van der Waals surface area contributed by atoms with Gasteiger partial charge < -0.3 is 9.84 Å². The lowest BCUT2D eigenvalue weighted by Crippen LogP contribution is -2.13. The Labute approximate surface area is 155 Å². The Morgan fingerprint density at radius 1 is 1.33 bits per heavy atom. The molecule has 2 aromatic heterocycles. The van der Waals surface area contributed by atoms with Crippen molar-refractivity contribution in [2.45, 2.75) is 19.8 Å². The molecule has 0 aliphatic heterocycles. The van der Waals surface area contributed by atoms with Crippen molar-refractivity contribution in [1.82, 2.24) is 4.57 Å². The molecule has 0 saturated heterocycles. The standard InChI is InChI=1S/C18H14F3NO4S/c1-8-10(6-14(23)24)15-11(3-4-12(26-2)16(15)19)22(8)18(25)9-5-13(17(20)21)27-7-9/h3-5,7,17H,6H2,1-2H3,(H,23,24). The predicted molar refractivity (Wildman–Crippen MR) is 93.5 cm³/mol. The predicted octanol–water partition coefficient (Wildman–Crippen LogP) is 4.41. The number of halogens is 3.